The molecule has 5 nitrogen and oxygen atoms in total. The highest BCUT2D eigenvalue weighted by Gasteiger charge is 2.10. The average molecular weight is 453 g/mol. The van der Waals surface area contributed by atoms with Gasteiger partial charge in [0.2, 0.25) is 0 Å². The molecule has 6 heteroatoms. The van der Waals surface area contributed by atoms with Crippen molar-refractivity contribution in [3.63, 3.8) is 0 Å². The Morgan fingerprint density at radius 1 is 0.897 bits per heavy atom. The third-order valence-electron chi connectivity index (χ3n) is 4.18. The standard InChI is InChI=1S/C23H21BrN2O3/c1-15-5-3-7-19(11-15)26-23(28)17-6-4-8-20(13-17)25-22(27)14-29-21-10-9-18(24)12-16(21)2/h3-13H,14H2,1-2H3,(H,25,27)(H,26,28). The zero-order valence-electron chi connectivity index (χ0n) is 16.2. The first-order valence-corrected chi connectivity index (χ1v) is 9.87. The van der Waals surface area contributed by atoms with Crippen molar-refractivity contribution in [2.24, 2.45) is 0 Å². The Labute approximate surface area is 178 Å². The highest BCUT2D eigenvalue weighted by Crippen LogP contribution is 2.22. The lowest BCUT2D eigenvalue weighted by atomic mass is 10.1. The number of carbonyl (C=O) groups excluding carboxylic acids is 2. The Kier molecular flexibility index (Phi) is 6.67. The number of benzene rings is 3. The molecule has 0 spiro atoms. The first-order valence-electron chi connectivity index (χ1n) is 9.07. The lowest BCUT2D eigenvalue weighted by molar-refractivity contribution is -0.118. The molecule has 3 aromatic rings. The van der Waals surface area contributed by atoms with Crippen LogP contribution in [-0.4, -0.2) is 18.4 Å². The third kappa shape index (κ3) is 5.93. The van der Waals surface area contributed by atoms with E-state index in [-0.39, 0.29) is 18.4 Å². The van der Waals surface area contributed by atoms with Crippen LogP contribution in [-0.2, 0) is 4.79 Å². The van der Waals surface area contributed by atoms with Crippen molar-refractivity contribution in [2.75, 3.05) is 17.2 Å². The van der Waals surface area contributed by atoms with Crippen LogP contribution in [0.15, 0.2) is 71.2 Å². The van der Waals surface area contributed by atoms with Gasteiger partial charge < -0.3 is 15.4 Å². The lowest BCUT2D eigenvalue weighted by Crippen LogP contribution is -2.21. The molecule has 0 saturated heterocycles. The number of hydrogen-bond acceptors (Lipinski definition) is 3. The molecule has 148 valence electrons. The van der Waals surface area contributed by atoms with Gasteiger partial charge in [-0.3, -0.25) is 9.59 Å². The van der Waals surface area contributed by atoms with Crippen LogP contribution in [0.2, 0.25) is 0 Å². The Bertz CT molecular complexity index is 1050. The smallest absolute Gasteiger partial charge is 0.262 e. The fourth-order valence-corrected chi connectivity index (χ4v) is 3.25. The number of aryl methyl sites for hydroxylation is 2. The molecule has 0 fully saturated rings. The molecule has 0 aliphatic heterocycles. The maximum atomic E-state index is 12.5. The number of carbonyl (C=O) groups is 2. The normalized spacial score (nSPS) is 10.3. The SMILES string of the molecule is Cc1cccc(NC(=O)c2cccc(NC(=O)COc3ccc(Br)cc3C)c2)c1. The summed E-state index contributed by atoms with van der Waals surface area (Å²) in [5.41, 5.74) is 3.70. The van der Waals surface area contributed by atoms with Gasteiger partial charge in [-0.15, -0.1) is 0 Å². The van der Waals surface area contributed by atoms with Gasteiger partial charge in [-0.05, 0) is 73.5 Å². The van der Waals surface area contributed by atoms with Crippen molar-refractivity contribution >= 4 is 39.1 Å². The predicted octanol–water partition coefficient (Wildman–Crippen LogP) is 5.34. The van der Waals surface area contributed by atoms with Gasteiger partial charge in [-0.25, -0.2) is 0 Å². The minimum Gasteiger partial charge on any atom is -0.483 e. The fraction of sp³-hybridized carbons (Fsp3) is 0.130. The zero-order chi connectivity index (χ0) is 20.8. The van der Waals surface area contributed by atoms with E-state index in [0.29, 0.717) is 17.0 Å². The summed E-state index contributed by atoms with van der Waals surface area (Å²) in [4.78, 5) is 24.7. The Morgan fingerprint density at radius 2 is 1.62 bits per heavy atom. The summed E-state index contributed by atoms with van der Waals surface area (Å²) in [7, 11) is 0. The molecule has 3 rings (SSSR count). The average Bonchev–Trinajstić information content (AvgIpc) is 2.67. The van der Waals surface area contributed by atoms with E-state index in [4.69, 9.17) is 4.74 Å². The number of ether oxygens (including phenoxy) is 1. The maximum Gasteiger partial charge on any atom is 0.262 e. The molecule has 0 aromatic heterocycles. The number of nitrogens with one attached hydrogen (secondary N) is 2. The van der Waals surface area contributed by atoms with Crippen molar-refractivity contribution in [2.45, 2.75) is 13.8 Å². The molecule has 3 aromatic carbocycles. The Balaban J connectivity index is 1.60. The van der Waals surface area contributed by atoms with Gasteiger partial charge in [-0.1, -0.05) is 34.1 Å². The van der Waals surface area contributed by atoms with E-state index in [9.17, 15) is 9.59 Å². The van der Waals surface area contributed by atoms with Gasteiger partial charge in [0.25, 0.3) is 11.8 Å². The quantitative estimate of drug-likeness (QED) is 0.530. The minimum atomic E-state index is -0.302. The first-order chi connectivity index (χ1) is 13.9. The molecule has 0 radical (unpaired) electrons. The second-order valence-corrected chi connectivity index (χ2v) is 7.57. The molecule has 0 saturated carbocycles. The first kappa shape index (κ1) is 20.6. The molecule has 0 unspecified atom stereocenters. The van der Waals surface area contributed by atoms with Gasteiger partial charge in [0.05, 0.1) is 0 Å². The van der Waals surface area contributed by atoms with Crippen LogP contribution >= 0.6 is 15.9 Å². The number of halogens is 1. The van der Waals surface area contributed by atoms with Crippen molar-refractivity contribution in [1.29, 1.82) is 0 Å². The van der Waals surface area contributed by atoms with E-state index in [1.165, 1.54) is 0 Å². The van der Waals surface area contributed by atoms with Crippen molar-refractivity contribution in [3.05, 3.63) is 87.9 Å². The number of amides is 2. The largest absolute Gasteiger partial charge is 0.483 e. The van der Waals surface area contributed by atoms with Gasteiger partial charge in [0.15, 0.2) is 6.61 Å². The summed E-state index contributed by atoms with van der Waals surface area (Å²) < 4.78 is 6.53. The lowest BCUT2D eigenvalue weighted by Gasteiger charge is -2.11. The van der Waals surface area contributed by atoms with Crippen LogP contribution in [0, 0.1) is 13.8 Å². The summed E-state index contributed by atoms with van der Waals surface area (Å²) in [5, 5.41) is 5.61. The molecule has 0 bridgehead atoms. The van der Waals surface area contributed by atoms with Gasteiger partial charge in [-0.2, -0.15) is 0 Å². The van der Waals surface area contributed by atoms with Crippen LogP contribution in [0.1, 0.15) is 21.5 Å². The molecule has 0 atom stereocenters. The molecule has 0 aliphatic rings. The van der Waals surface area contributed by atoms with Crippen molar-refractivity contribution < 1.29 is 14.3 Å². The van der Waals surface area contributed by atoms with E-state index >= 15 is 0 Å². The summed E-state index contributed by atoms with van der Waals surface area (Å²) in [5.74, 6) is 0.103. The van der Waals surface area contributed by atoms with E-state index in [1.807, 2.05) is 56.3 Å². The van der Waals surface area contributed by atoms with Crippen LogP contribution < -0.4 is 15.4 Å². The Hall–Kier alpha value is -3.12. The zero-order valence-corrected chi connectivity index (χ0v) is 17.7. The number of rotatable bonds is 6. The second kappa shape index (κ2) is 9.39. The molecule has 2 amide bonds. The fourth-order valence-electron chi connectivity index (χ4n) is 2.78. The molecule has 0 heterocycles. The van der Waals surface area contributed by atoms with Gasteiger partial charge in [0.1, 0.15) is 5.75 Å². The molecule has 2 N–H and O–H groups in total. The molecule has 0 aliphatic carbocycles. The van der Waals surface area contributed by atoms with E-state index in [0.717, 1.165) is 21.3 Å². The van der Waals surface area contributed by atoms with Crippen LogP contribution in [0.5, 0.6) is 5.75 Å². The van der Waals surface area contributed by atoms with E-state index in [2.05, 4.69) is 26.6 Å². The van der Waals surface area contributed by atoms with Crippen LogP contribution in [0.3, 0.4) is 0 Å². The monoisotopic (exact) mass is 452 g/mol. The molecular weight excluding hydrogens is 432 g/mol. The molecule has 29 heavy (non-hydrogen) atoms. The van der Waals surface area contributed by atoms with Gasteiger partial charge >= 0.3 is 0 Å². The number of hydrogen-bond donors (Lipinski definition) is 2. The second-order valence-electron chi connectivity index (χ2n) is 6.65. The third-order valence-corrected chi connectivity index (χ3v) is 4.67. The van der Waals surface area contributed by atoms with E-state index < -0.39 is 0 Å². The topological polar surface area (TPSA) is 67.4 Å². The highest BCUT2D eigenvalue weighted by molar-refractivity contribution is 9.10. The summed E-state index contributed by atoms with van der Waals surface area (Å²) >= 11 is 3.40. The van der Waals surface area contributed by atoms with E-state index in [1.54, 1.807) is 24.3 Å². The molecular formula is C23H21BrN2O3. The maximum absolute atomic E-state index is 12.5. The summed E-state index contributed by atoms with van der Waals surface area (Å²) in [6.07, 6.45) is 0. The van der Waals surface area contributed by atoms with Gasteiger partial charge in [0, 0.05) is 21.4 Å². The highest BCUT2D eigenvalue weighted by atomic mass is 79.9. The van der Waals surface area contributed by atoms with Crippen molar-refractivity contribution in [1.82, 2.24) is 0 Å². The summed E-state index contributed by atoms with van der Waals surface area (Å²) in [6, 6.07) is 19.9. The van der Waals surface area contributed by atoms with Crippen molar-refractivity contribution in [3.8, 4) is 5.75 Å². The predicted molar refractivity (Wildman–Crippen MR) is 119 cm³/mol. The summed E-state index contributed by atoms with van der Waals surface area (Å²) in [6.45, 7) is 3.75. The van der Waals surface area contributed by atoms with Crippen LogP contribution in [0.25, 0.3) is 0 Å². The van der Waals surface area contributed by atoms with Crippen LogP contribution in [0.4, 0.5) is 11.4 Å². The number of anilines is 2. The Morgan fingerprint density at radius 3 is 2.34 bits per heavy atom. The minimum absolute atomic E-state index is 0.123.